The molecule has 3 atom stereocenters. The molecular formula is C22H26N4O4. The van der Waals surface area contributed by atoms with E-state index in [-0.39, 0.29) is 41.7 Å². The van der Waals surface area contributed by atoms with Gasteiger partial charge in [0.15, 0.2) is 0 Å². The summed E-state index contributed by atoms with van der Waals surface area (Å²) < 4.78 is 0. The predicted molar refractivity (Wildman–Crippen MR) is 108 cm³/mol. The molecule has 158 valence electrons. The Morgan fingerprint density at radius 1 is 1.23 bits per heavy atom. The molecule has 1 fully saturated rings. The van der Waals surface area contributed by atoms with E-state index in [4.69, 9.17) is 0 Å². The van der Waals surface area contributed by atoms with Gasteiger partial charge in [0.2, 0.25) is 11.8 Å². The minimum Gasteiger partial charge on any atom is -0.356 e. The number of nitrogens with zero attached hydrogens (tertiary/aromatic N) is 2. The Bertz CT molecular complexity index is 870. The van der Waals surface area contributed by atoms with Gasteiger partial charge in [-0.2, -0.15) is 5.26 Å². The van der Waals surface area contributed by atoms with Gasteiger partial charge in [-0.1, -0.05) is 26.0 Å². The fourth-order valence-electron chi connectivity index (χ4n) is 4.02. The number of imide groups is 1. The van der Waals surface area contributed by atoms with Crippen LogP contribution in [0, 0.1) is 23.2 Å². The van der Waals surface area contributed by atoms with Gasteiger partial charge in [-0.05, 0) is 43.7 Å². The minimum atomic E-state index is -1.02. The van der Waals surface area contributed by atoms with Crippen molar-refractivity contribution in [3.05, 3.63) is 35.4 Å². The summed E-state index contributed by atoms with van der Waals surface area (Å²) in [5, 5.41) is 15.0. The largest absolute Gasteiger partial charge is 0.356 e. The minimum absolute atomic E-state index is 0.0368. The summed E-state index contributed by atoms with van der Waals surface area (Å²) in [6.45, 7) is 4.41. The quantitative estimate of drug-likeness (QED) is 0.662. The van der Waals surface area contributed by atoms with Gasteiger partial charge >= 0.3 is 0 Å². The number of rotatable bonds is 7. The van der Waals surface area contributed by atoms with Gasteiger partial charge in [0.05, 0.1) is 17.2 Å². The van der Waals surface area contributed by atoms with Crippen LogP contribution in [0.3, 0.4) is 0 Å². The first-order valence-corrected chi connectivity index (χ1v) is 10.3. The highest BCUT2D eigenvalue weighted by Crippen LogP contribution is 2.27. The summed E-state index contributed by atoms with van der Waals surface area (Å²) in [5.74, 6) is -1.98. The number of hydrogen-bond donors (Lipinski definition) is 2. The normalized spacial score (nSPS) is 20.4. The maximum absolute atomic E-state index is 13.1. The molecule has 4 amide bonds. The predicted octanol–water partition coefficient (Wildman–Crippen LogP) is 1.62. The number of amides is 4. The van der Waals surface area contributed by atoms with Gasteiger partial charge in [-0.3, -0.25) is 24.1 Å². The molecule has 2 aliphatic heterocycles. The molecule has 0 radical (unpaired) electrons. The van der Waals surface area contributed by atoms with E-state index in [1.807, 2.05) is 19.9 Å². The zero-order valence-corrected chi connectivity index (χ0v) is 17.2. The van der Waals surface area contributed by atoms with Crippen LogP contribution in [0.1, 0.15) is 60.2 Å². The third-order valence-corrected chi connectivity index (χ3v) is 5.53. The highest BCUT2D eigenvalue weighted by molar-refractivity contribution is 6.22. The van der Waals surface area contributed by atoms with Crippen molar-refractivity contribution in [1.29, 1.82) is 5.26 Å². The number of fused-ring (bicyclic) bond motifs is 1. The van der Waals surface area contributed by atoms with Gasteiger partial charge in [0.1, 0.15) is 12.1 Å². The smallest absolute Gasteiger partial charge is 0.262 e. The number of piperidine rings is 1. The van der Waals surface area contributed by atoms with Crippen molar-refractivity contribution in [3.63, 3.8) is 0 Å². The van der Waals surface area contributed by atoms with Crippen LogP contribution in [0.25, 0.3) is 0 Å². The lowest BCUT2D eigenvalue weighted by molar-refractivity contribution is -0.128. The molecule has 30 heavy (non-hydrogen) atoms. The van der Waals surface area contributed by atoms with Crippen molar-refractivity contribution in [1.82, 2.24) is 15.5 Å². The van der Waals surface area contributed by atoms with Crippen molar-refractivity contribution in [2.75, 3.05) is 6.54 Å². The molecule has 3 rings (SSSR count). The fourth-order valence-corrected chi connectivity index (χ4v) is 4.02. The van der Waals surface area contributed by atoms with Crippen molar-refractivity contribution < 1.29 is 19.2 Å². The monoisotopic (exact) mass is 410 g/mol. The van der Waals surface area contributed by atoms with Crippen molar-refractivity contribution in [2.24, 2.45) is 11.8 Å². The molecule has 1 saturated heterocycles. The topological polar surface area (TPSA) is 119 Å². The summed E-state index contributed by atoms with van der Waals surface area (Å²) >= 11 is 0. The van der Waals surface area contributed by atoms with E-state index in [0.29, 0.717) is 13.0 Å². The second-order valence-electron chi connectivity index (χ2n) is 8.23. The molecule has 8 heteroatoms. The van der Waals surface area contributed by atoms with Crippen LogP contribution in [0.2, 0.25) is 0 Å². The van der Waals surface area contributed by atoms with Crippen molar-refractivity contribution >= 4 is 23.6 Å². The molecule has 0 saturated carbocycles. The lowest BCUT2D eigenvalue weighted by Gasteiger charge is -2.29. The molecule has 2 heterocycles. The van der Waals surface area contributed by atoms with Crippen LogP contribution in [-0.2, 0) is 9.59 Å². The van der Waals surface area contributed by atoms with Crippen LogP contribution < -0.4 is 10.6 Å². The van der Waals surface area contributed by atoms with E-state index in [2.05, 4.69) is 10.6 Å². The van der Waals surface area contributed by atoms with Gasteiger partial charge < -0.3 is 10.6 Å². The summed E-state index contributed by atoms with van der Waals surface area (Å²) in [7, 11) is 0. The average molecular weight is 410 g/mol. The molecule has 1 aromatic carbocycles. The lowest BCUT2D eigenvalue weighted by atomic mass is 9.91. The van der Waals surface area contributed by atoms with E-state index in [1.165, 1.54) is 0 Å². The Morgan fingerprint density at radius 2 is 1.87 bits per heavy atom. The van der Waals surface area contributed by atoms with Crippen LogP contribution in [-0.4, -0.2) is 47.2 Å². The van der Waals surface area contributed by atoms with Crippen LogP contribution in [0.5, 0.6) is 0 Å². The first-order chi connectivity index (χ1) is 14.3. The second-order valence-corrected chi connectivity index (χ2v) is 8.23. The maximum Gasteiger partial charge on any atom is 0.262 e. The highest BCUT2D eigenvalue weighted by atomic mass is 16.2. The summed E-state index contributed by atoms with van der Waals surface area (Å²) in [6.07, 6.45) is 1.96. The van der Waals surface area contributed by atoms with Crippen LogP contribution >= 0.6 is 0 Å². The molecule has 1 unspecified atom stereocenters. The molecule has 0 aromatic heterocycles. The Morgan fingerprint density at radius 3 is 2.40 bits per heavy atom. The zero-order valence-electron chi connectivity index (χ0n) is 17.2. The zero-order chi connectivity index (χ0) is 21.8. The van der Waals surface area contributed by atoms with E-state index in [1.54, 1.807) is 24.3 Å². The van der Waals surface area contributed by atoms with E-state index < -0.39 is 29.8 Å². The van der Waals surface area contributed by atoms with Gasteiger partial charge in [0, 0.05) is 12.5 Å². The van der Waals surface area contributed by atoms with Crippen molar-refractivity contribution in [2.45, 2.75) is 51.6 Å². The number of benzene rings is 1. The highest BCUT2D eigenvalue weighted by Gasteiger charge is 2.43. The van der Waals surface area contributed by atoms with E-state index in [9.17, 15) is 24.4 Å². The number of carbonyl (C=O) groups excluding carboxylic acids is 4. The first-order valence-electron chi connectivity index (χ1n) is 10.3. The number of nitriles is 1. The molecule has 2 N–H and O–H groups in total. The van der Waals surface area contributed by atoms with Crippen LogP contribution in [0.4, 0.5) is 0 Å². The van der Waals surface area contributed by atoms with Gasteiger partial charge in [0.25, 0.3) is 11.8 Å². The summed E-state index contributed by atoms with van der Waals surface area (Å²) in [6, 6.07) is 6.62. The van der Waals surface area contributed by atoms with E-state index in [0.717, 1.165) is 11.3 Å². The van der Waals surface area contributed by atoms with E-state index >= 15 is 0 Å². The maximum atomic E-state index is 13.1. The Labute approximate surface area is 175 Å². The first kappa shape index (κ1) is 21.5. The standard InChI is InChI=1S/C22H26N4O4/c1-13(2)10-18(26-21(29)16-7-3-4-8-17(16)22(26)30)20(28)25-15(12-23)11-14-6-5-9-24-19(14)27/h3-4,7-8,13-15,18H,5-6,9-11H2,1-2H3,(H,24,27)(H,25,28)/t14-,15-,18?/m0/s1. The molecule has 1 aromatic rings. The fraction of sp³-hybridized carbons (Fsp3) is 0.500. The molecule has 2 aliphatic rings. The molecular weight excluding hydrogens is 384 g/mol. The SMILES string of the molecule is CC(C)CC(C(=O)N[C@H](C#N)C[C@@H]1CCCNC1=O)N1C(=O)c2ccccc2C1=O. The molecule has 0 aliphatic carbocycles. The average Bonchev–Trinajstić information content (AvgIpc) is 2.97. The number of carbonyl (C=O) groups is 4. The van der Waals surface area contributed by atoms with Crippen molar-refractivity contribution in [3.8, 4) is 6.07 Å². The molecule has 8 nitrogen and oxygen atoms in total. The second kappa shape index (κ2) is 9.08. The molecule has 0 spiro atoms. The van der Waals surface area contributed by atoms with Gasteiger partial charge in [-0.15, -0.1) is 0 Å². The summed E-state index contributed by atoms with van der Waals surface area (Å²) in [4.78, 5) is 51.8. The lowest BCUT2D eigenvalue weighted by Crippen LogP contribution is -2.52. The molecule has 0 bridgehead atoms. The third-order valence-electron chi connectivity index (χ3n) is 5.53. The Hall–Kier alpha value is -3.21. The van der Waals surface area contributed by atoms with Crippen LogP contribution in [0.15, 0.2) is 24.3 Å². The van der Waals surface area contributed by atoms with Gasteiger partial charge in [-0.25, -0.2) is 0 Å². The Balaban J connectivity index is 1.77. The number of hydrogen-bond acceptors (Lipinski definition) is 5. The summed E-state index contributed by atoms with van der Waals surface area (Å²) in [5.41, 5.74) is 0.555. The third kappa shape index (κ3) is 4.35. The number of nitrogens with one attached hydrogen (secondary N) is 2. The Kier molecular flexibility index (Phi) is 6.50.